The van der Waals surface area contributed by atoms with Crippen molar-refractivity contribution in [2.45, 2.75) is 392 Å². The third-order valence-electron chi connectivity index (χ3n) is 16.2. The number of carbonyl (C=O) groups is 2. The first-order chi connectivity index (χ1) is 38.0. The Bertz CT molecular complexity index is 1250. The lowest BCUT2D eigenvalue weighted by Gasteiger charge is -2.20. The maximum Gasteiger partial charge on any atom is 0.305 e. The van der Waals surface area contributed by atoms with E-state index in [2.05, 4.69) is 43.5 Å². The van der Waals surface area contributed by atoms with Crippen molar-refractivity contribution >= 4 is 11.9 Å². The van der Waals surface area contributed by atoms with Crippen LogP contribution < -0.4 is 5.32 Å². The fraction of sp³-hybridized carbons (Fsp3) is 0.887. The molecule has 0 bridgehead atoms. The van der Waals surface area contributed by atoms with E-state index in [0.717, 1.165) is 51.4 Å². The lowest BCUT2D eigenvalue weighted by Crippen LogP contribution is -2.45. The number of nitrogens with one attached hydrogen (secondary N) is 1. The summed E-state index contributed by atoms with van der Waals surface area (Å²) in [5.74, 6) is -0.0501. The van der Waals surface area contributed by atoms with Crippen LogP contribution in [0.3, 0.4) is 0 Å². The second-order valence-electron chi connectivity index (χ2n) is 23.9. The van der Waals surface area contributed by atoms with Gasteiger partial charge in [0.2, 0.25) is 5.91 Å². The Labute approximate surface area is 481 Å². The molecule has 0 aromatic carbocycles. The molecule has 0 aliphatic rings. The van der Waals surface area contributed by atoms with Crippen LogP contribution in [-0.2, 0) is 14.3 Å². The average molecular weight is 1080 g/mol. The molecule has 2 atom stereocenters. The fourth-order valence-electron chi connectivity index (χ4n) is 10.8. The van der Waals surface area contributed by atoms with Crippen molar-refractivity contribution in [3.63, 3.8) is 0 Å². The number of esters is 1. The quantitative estimate of drug-likeness (QED) is 0.0320. The maximum atomic E-state index is 12.4. The summed E-state index contributed by atoms with van der Waals surface area (Å²) >= 11 is 0. The van der Waals surface area contributed by atoms with E-state index in [9.17, 15) is 19.8 Å². The second-order valence-corrected chi connectivity index (χ2v) is 23.9. The van der Waals surface area contributed by atoms with Gasteiger partial charge in [-0.3, -0.25) is 9.59 Å². The summed E-state index contributed by atoms with van der Waals surface area (Å²) in [6.45, 7) is 4.88. The van der Waals surface area contributed by atoms with Crippen molar-refractivity contribution < 1.29 is 24.5 Å². The zero-order valence-electron chi connectivity index (χ0n) is 52.0. The van der Waals surface area contributed by atoms with Crippen LogP contribution in [0.15, 0.2) is 36.5 Å². The molecule has 0 rings (SSSR count). The molecule has 0 aromatic rings. The first-order valence-corrected chi connectivity index (χ1v) is 34.8. The zero-order valence-corrected chi connectivity index (χ0v) is 52.0. The molecule has 3 N–H and O–H groups in total. The predicted octanol–water partition coefficient (Wildman–Crippen LogP) is 22.3. The number of ether oxygens (including phenoxy) is 1. The van der Waals surface area contributed by atoms with E-state index in [1.165, 1.54) is 302 Å². The Morgan fingerprint density at radius 2 is 0.649 bits per heavy atom. The molecule has 0 heterocycles. The van der Waals surface area contributed by atoms with E-state index in [-0.39, 0.29) is 18.5 Å². The van der Waals surface area contributed by atoms with Gasteiger partial charge in [0.15, 0.2) is 0 Å². The highest BCUT2D eigenvalue weighted by molar-refractivity contribution is 5.76. The highest BCUT2D eigenvalue weighted by Gasteiger charge is 2.18. The summed E-state index contributed by atoms with van der Waals surface area (Å²) in [4.78, 5) is 24.5. The summed E-state index contributed by atoms with van der Waals surface area (Å²) < 4.78 is 5.50. The van der Waals surface area contributed by atoms with Gasteiger partial charge in [-0.05, 0) is 64.2 Å². The largest absolute Gasteiger partial charge is 0.466 e. The van der Waals surface area contributed by atoms with E-state index in [1.807, 2.05) is 6.08 Å². The zero-order chi connectivity index (χ0) is 55.7. The molecular weight excluding hydrogens is 947 g/mol. The lowest BCUT2D eigenvalue weighted by molar-refractivity contribution is -0.143. The minimum atomic E-state index is -0.839. The third kappa shape index (κ3) is 63.1. The van der Waals surface area contributed by atoms with Gasteiger partial charge in [0.05, 0.1) is 25.4 Å². The van der Waals surface area contributed by atoms with Crippen molar-refractivity contribution in [2.24, 2.45) is 0 Å². The second kappa shape index (κ2) is 66.6. The van der Waals surface area contributed by atoms with Gasteiger partial charge in [0, 0.05) is 12.8 Å². The Morgan fingerprint density at radius 3 is 1.01 bits per heavy atom. The van der Waals surface area contributed by atoms with Crippen LogP contribution in [0.1, 0.15) is 380 Å². The number of unbranched alkanes of at least 4 members (excludes halogenated alkanes) is 50. The minimum absolute atomic E-state index is 0.0138. The number of allylic oxidation sites excluding steroid dienone is 5. The number of aliphatic hydroxyl groups is 2. The number of amides is 1. The van der Waals surface area contributed by atoms with Crippen LogP contribution in [0.2, 0.25) is 0 Å². The Balaban J connectivity index is 3.30. The van der Waals surface area contributed by atoms with E-state index < -0.39 is 12.1 Å². The Kier molecular flexibility index (Phi) is 64.9. The summed E-state index contributed by atoms with van der Waals surface area (Å²) in [7, 11) is 0. The standard InChI is InChI=1S/C71H135NO5/c1-3-5-7-9-11-13-15-16-17-35-39-42-45-49-53-57-61-65-71(76)77-66-62-58-54-50-46-43-40-37-34-32-30-28-26-24-22-20-18-19-21-23-25-27-29-31-33-36-38-41-44-48-52-56-60-64-70(75)72-68(67-73)69(74)63-59-55-51-47-14-12-10-8-6-4-2/h11,13,16-17,59,63,68-69,73-74H,3-10,12,14-15,18-58,60-62,64-67H2,1-2H3,(H,72,75)/b13-11-,17-16-,63-59+. The molecule has 0 aliphatic carbocycles. The van der Waals surface area contributed by atoms with Gasteiger partial charge in [-0.2, -0.15) is 0 Å². The van der Waals surface area contributed by atoms with Crippen molar-refractivity contribution in [1.29, 1.82) is 0 Å². The molecule has 6 nitrogen and oxygen atoms in total. The number of rotatable bonds is 65. The van der Waals surface area contributed by atoms with Crippen LogP contribution in [0.25, 0.3) is 0 Å². The highest BCUT2D eigenvalue weighted by Crippen LogP contribution is 2.19. The summed E-state index contributed by atoms with van der Waals surface area (Å²) in [5, 5.41) is 23.0. The van der Waals surface area contributed by atoms with Crippen LogP contribution in [0, 0.1) is 0 Å². The normalized spacial score (nSPS) is 12.7. The first-order valence-electron chi connectivity index (χ1n) is 34.8. The van der Waals surface area contributed by atoms with Gasteiger partial charge in [0.1, 0.15) is 0 Å². The molecule has 0 fully saturated rings. The molecular formula is C71H135NO5. The summed E-state index contributed by atoms with van der Waals surface area (Å²) in [6, 6.07) is -0.622. The van der Waals surface area contributed by atoms with Crippen LogP contribution in [-0.4, -0.2) is 47.4 Å². The van der Waals surface area contributed by atoms with Gasteiger partial charge in [0.25, 0.3) is 0 Å². The maximum absolute atomic E-state index is 12.4. The minimum Gasteiger partial charge on any atom is -0.466 e. The molecule has 2 unspecified atom stereocenters. The number of carbonyl (C=O) groups excluding carboxylic acids is 2. The fourth-order valence-corrected chi connectivity index (χ4v) is 10.8. The lowest BCUT2D eigenvalue weighted by atomic mass is 10.0. The van der Waals surface area contributed by atoms with E-state index in [4.69, 9.17) is 4.74 Å². The summed E-state index contributed by atoms with van der Waals surface area (Å²) in [6.07, 6.45) is 85.3. The topological polar surface area (TPSA) is 95.9 Å². The Morgan fingerprint density at radius 1 is 0.364 bits per heavy atom. The van der Waals surface area contributed by atoms with Crippen LogP contribution >= 0.6 is 0 Å². The molecule has 0 saturated carbocycles. The van der Waals surface area contributed by atoms with Crippen molar-refractivity contribution in [3.8, 4) is 0 Å². The molecule has 0 spiro atoms. The SMILES string of the molecule is CCCCC/C=C\C/C=C\CCCCCCCCCC(=O)OCCCCCCCCCCCCCCCCCCCCCCCCCCCCCCCCCCCC(=O)NC(CO)C(O)/C=C/CCCCCCCCCC. The van der Waals surface area contributed by atoms with Gasteiger partial charge >= 0.3 is 5.97 Å². The molecule has 77 heavy (non-hydrogen) atoms. The van der Waals surface area contributed by atoms with Crippen LogP contribution in [0.4, 0.5) is 0 Å². The molecule has 6 heteroatoms. The monoisotopic (exact) mass is 1080 g/mol. The van der Waals surface area contributed by atoms with Gasteiger partial charge in [-0.25, -0.2) is 0 Å². The van der Waals surface area contributed by atoms with Crippen LogP contribution in [0.5, 0.6) is 0 Å². The van der Waals surface area contributed by atoms with E-state index in [1.54, 1.807) is 6.08 Å². The predicted molar refractivity (Wildman–Crippen MR) is 338 cm³/mol. The van der Waals surface area contributed by atoms with Gasteiger partial charge in [-0.15, -0.1) is 0 Å². The molecule has 454 valence electrons. The number of hydrogen-bond donors (Lipinski definition) is 3. The van der Waals surface area contributed by atoms with E-state index >= 15 is 0 Å². The molecule has 1 amide bonds. The number of aliphatic hydroxyl groups excluding tert-OH is 2. The van der Waals surface area contributed by atoms with E-state index in [0.29, 0.717) is 19.4 Å². The van der Waals surface area contributed by atoms with Crippen molar-refractivity contribution in [1.82, 2.24) is 5.32 Å². The van der Waals surface area contributed by atoms with Crippen molar-refractivity contribution in [2.75, 3.05) is 13.2 Å². The Hall–Kier alpha value is -1.92. The first kappa shape index (κ1) is 75.1. The highest BCUT2D eigenvalue weighted by atomic mass is 16.5. The molecule has 0 aliphatic heterocycles. The number of hydrogen-bond acceptors (Lipinski definition) is 5. The van der Waals surface area contributed by atoms with Crippen molar-refractivity contribution in [3.05, 3.63) is 36.5 Å². The summed E-state index contributed by atoms with van der Waals surface area (Å²) in [5.41, 5.74) is 0. The molecule has 0 saturated heterocycles. The third-order valence-corrected chi connectivity index (χ3v) is 16.2. The average Bonchev–Trinajstić information content (AvgIpc) is 3.43. The molecule has 0 aromatic heterocycles. The molecule has 0 radical (unpaired) electrons. The van der Waals surface area contributed by atoms with Gasteiger partial charge < -0.3 is 20.3 Å². The smallest absolute Gasteiger partial charge is 0.305 e. The van der Waals surface area contributed by atoms with Gasteiger partial charge in [-0.1, -0.05) is 339 Å².